The van der Waals surface area contributed by atoms with Crippen molar-refractivity contribution >= 4 is 46.6 Å². The molecule has 26 heavy (non-hydrogen) atoms. The molecule has 1 fully saturated rings. The second-order valence-corrected chi connectivity index (χ2v) is 6.74. The van der Waals surface area contributed by atoms with Gasteiger partial charge in [-0.2, -0.15) is 9.47 Å². The predicted molar refractivity (Wildman–Crippen MR) is 117 cm³/mol. The smallest absolute Gasteiger partial charge is 0.205 e. The molecule has 0 saturated carbocycles. The molecular formula is C16H27IN8S. The molecule has 0 radical (unpaired) electrons. The molecule has 0 aliphatic carbocycles. The Morgan fingerprint density at radius 1 is 1.31 bits per heavy atom. The van der Waals surface area contributed by atoms with Gasteiger partial charge in [-0.3, -0.25) is 5.10 Å². The van der Waals surface area contributed by atoms with Gasteiger partial charge in [-0.05, 0) is 13.8 Å². The predicted octanol–water partition coefficient (Wildman–Crippen LogP) is 2.04. The van der Waals surface area contributed by atoms with Crippen LogP contribution in [0.1, 0.15) is 30.9 Å². The summed E-state index contributed by atoms with van der Waals surface area (Å²) in [5.74, 6) is 1.90. The lowest BCUT2D eigenvalue weighted by atomic mass is 10.3. The number of aromatic nitrogens is 4. The largest absolute Gasteiger partial charge is 0.357 e. The van der Waals surface area contributed by atoms with Crippen LogP contribution in [0.4, 0.5) is 5.13 Å². The van der Waals surface area contributed by atoms with E-state index in [1.807, 2.05) is 13.1 Å². The van der Waals surface area contributed by atoms with Crippen LogP contribution in [0.5, 0.6) is 0 Å². The minimum atomic E-state index is 0. The first-order valence-corrected chi connectivity index (χ1v) is 9.58. The van der Waals surface area contributed by atoms with E-state index in [-0.39, 0.29) is 24.0 Å². The monoisotopic (exact) mass is 490 g/mol. The number of hydrogen-bond acceptors (Lipinski definition) is 6. The maximum atomic E-state index is 4.78. The van der Waals surface area contributed by atoms with Crippen LogP contribution >= 0.6 is 35.5 Å². The van der Waals surface area contributed by atoms with Gasteiger partial charge in [0, 0.05) is 61.9 Å². The number of aliphatic imine (C=N–C) groups is 1. The van der Waals surface area contributed by atoms with Gasteiger partial charge in [0.05, 0.1) is 12.7 Å². The van der Waals surface area contributed by atoms with Crippen molar-refractivity contribution in [1.82, 2.24) is 29.8 Å². The van der Waals surface area contributed by atoms with Crippen molar-refractivity contribution < 1.29 is 0 Å². The number of rotatable bonds is 5. The molecule has 2 N–H and O–H groups in total. The average Bonchev–Trinajstić information content (AvgIpc) is 3.28. The van der Waals surface area contributed by atoms with Gasteiger partial charge in [-0.15, -0.1) is 24.0 Å². The summed E-state index contributed by atoms with van der Waals surface area (Å²) in [5.41, 5.74) is 2.21. The topological polar surface area (TPSA) is 85.3 Å². The molecule has 1 saturated heterocycles. The van der Waals surface area contributed by atoms with Gasteiger partial charge in [0.1, 0.15) is 5.82 Å². The summed E-state index contributed by atoms with van der Waals surface area (Å²) in [5, 5.41) is 11.5. The molecule has 10 heteroatoms. The molecule has 0 spiro atoms. The highest BCUT2D eigenvalue weighted by molar-refractivity contribution is 14.0. The van der Waals surface area contributed by atoms with E-state index in [4.69, 9.17) is 4.99 Å². The number of H-pyrrole nitrogens is 1. The number of halogens is 1. The molecule has 3 heterocycles. The van der Waals surface area contributed by atoms with Crippen molar-refractivity contribution in [2.75, 3.05) is 37.6 Å². The van der Waals surface area contributed by atoms with E-state index in [1.165, 1.54) is 11.5 Å². The van der Waals surface area contributed by atoms with Crippen LogP contribution in [-0.4, -0.2) is 63.1 Å². The van der Waals surface area contributed by atoms with Crippen molar-refractivity contribution in [3.8, 4) is 0 Å². The summed E-state index contributed by atoms with van der Waals surface area (Å²) in [6, 6.07) is 0. The van der Waals surface area contributed by atoms with Gasteiger partial charge >= 0.3 is 0 Å². The average molecular weight is 490 g/mol. The molecule has 2 aromatic rings. The van der Waals surface area contributed by atoms with E-state index < -0.39 is 0 Å². The first kappa shape index (κ1) is 20.9. The molecule has 144 valence electrons. The fraction of sp³-hybridized carbons (Fsp3) is 0.625. The molecule has 0 atom stereocenters. The highest BCUT2D eigenvalue weighted by Crippen LogP contribution is 2.19. The van der Waals surface area contributed by atoms with Gasteiger partial charge in [0.2, 0.25) is 5.13 Å². The highest BCUT2D eigenvalue weighted by Gasteiger charge is 2.22. The molecule has 0 amide bonds. The number of aromatic amines is 1. The lowest BCUT2D eigenvalue weighted by molar-refractivity contribution is 0.372. The van der Waals surface area contributed by atoms with Crippen molar-refractivity contribution in [3.63, 3.8) is 0 Å². The summed E-state index contributed by atoms with van der Waals surface area (Å²) in [6.07, 6.45) is 2.74. The Hall–Kier alpha value is -1.43. The summed E-state index contributed by atoms with van der Waals surface area (Å²) >= 11 is 1.50. The number of hydrogen-bond donors (Lipinski definition) is 2. The minimum Gasteiger partial charge on any atom is -0.357 e. The van der Waals surface area contributed by atoms with Crippen LogP contribution < -0.4 is 10.2 Å². The Morgan fingerprint density at radius 3 is 2.65 bits per heavy atom. The molecule has 8 nitrogen and oxygen atoms in total. The fourth-order valence-corrected chi connectivity index (χ4v) is 3.55. The Morgan fingerprint density at radius 2 is 2.08 bits per heavy atom. The normalized spacial score (nSPS) is 15.1. The maximum absolute atomic E-state index is 4.78. The SMILES string of the molecule is CCNC(=NCc1cn[nH]c1C)N1CCN(c2nc(CC)ns2)CC1.I. The summed E-state index contributed by atoms with van der Waals surface area (Å²) in [7, 11) is 0. The third kappa shape index (κ3) is 5.06. The van der Waals surface area contributed by atoms with Crippen LogP contribution in [-0.2, 0) is 13.0 Å². The first-order valence-electron chi connectivity index (χ1n) is 8.80. The molecular weight excluding hydrogens is 463 g/mol. The van der Waals surface area contributed by atoms with Gasteiger partial charge in [-0.25, -0.2) is 9.98 Å². The minimum absolute atomic E-state index is 0. The molecule has 2 aromatic heterocycles. The zero-order chi connectivity index (χ0) is 17.6. The Balaban J connectivity index is 0.00000243. The number of guanidine groups is 1. The molecule has 0 bridgehead atoms. The zero-order valence-electron chi connectivity index (χ0n) is 15.5. The van der Waals surface area contributed by atoms with Crippen LogP contribution in [0.25, 0.3) is 0 Å². The Labute approximate surface area is 175 Å². The van der Waals surface area contributed by atoms with E-state index in [1.54, 1.807) is 0 Å². The fourth-order valence-electron chi connectivity index (χ4n) is 2.75. The lowest BCUT2D eigenvalue weighted by Crippen LogP contribution is -2.52. The van der Waals surface area contributed by atoms with Crippen LogP contribution in [0.15, 0.2) is 11.2 Å². The van der Waals surface area contributed by atoms with Crippen molar-refractivity contribution in [1.29, 1.82) is 0 Å². The molecule has 3 rings (SSSR count). The number of anilines is 1. The lowest BCUT2D eigenvalue weighted by Gasteiger charge is -2.36. The first-order chi connectivity index (χ1) is 12.2. The Bertz CT molecular complexity index is 705. The quantitative estimate of drug-likeness (QED) is 0.379. The second kappa shape index (κ2) is 10.0. The summed E-state index contributed by atoms with van der Waals surface area (Å²) < 4.78 is 4.39. The van der Waals surface area contributed by atoms with E-state index in [0.29, 0.717) is 6.54 Å². The van der Waals surface area contributed by atoms with E-state index in [2.05, 4.69) is 48.5 Å². The van der Waals surface area contributed by atoms with E-state index in [0.717, 1.165) is 67.3 Å². The van der Waals surface area contributed by atoms with Crippen LogP contribution in [0.3, 0.4) is 0 Å². The van der Waals surface area contributed by atoms with Crippen molar-refractivity contribution in [2.24, 2.45) is 4.99 Å². The molecule has 1 aliphatic rings. The summed E-state index contributed by atoms with van der Waals surface area (Å²) in [6.45, 7) is 11.4. The third-order valence-electron chi connectivity index (χ3n) is 4.29. The maximum Gasteiger partial charge on any atom is 0.205 e. The van der Waals surface area contributed by atoms with Gasteiger partial charge in [-0.1, -0.05) is 6.92 Å². The van der Waals surface area contributed by atoms with Crippen molar-refractivity contribution in [3.05, 3.63) is 23.3 Å². The van der Waals surface area contributed by atoms with E-state index >= 15 is 0 Å². The number of nitrogens with zero attached hydrogens (tertiary/aromatic N) is 6. The van der Waals surface area contributed by atoms with Gasteiger partial charge in [0.15, 0.2) is 5.96 Å². The molecule has 1 aliphatic heterocycles. The highest BCUT2D eigenvalue weighted by atomic mass is 127. The Kier molecular flexibility index (Phi) is 8.07. The third-order valence-corrected chi connectivity index (χ3v) is 5.11. The number of piperazine rings is 1. The standard InChI is InChI=1S/C16H26N8S.HI/c1-4-14-20-16(25-22-14)24-8-6-23(7-9-24)15(17-5-2)18-10-13-11-19-21-12(13)3;/h11H,4-10H2,1-3H3,(H,17,18)(H,19,21);1H. The zero-order valence-corrected chi connectivity index (χ0v) is 18.7. The summed E-state index contributed by atoms with van der Waals surface area (Å²) in [4.78, 5) is 14.0. The second-order valence-electron chi connectivity index (χ2n) is 6.01. The van der Waals surface area contributed by atoms with Gasteiger partial charge < -0.3 is 15.1 Å². The van der Waals surface area contributed by atoms with Crippen molar-refractivity contribution in [2.45, 2.75) is 33.7 Å². The number of aryl methyl sites for hydroxylation is 2. The number of nitrogens with one attached hydrogen (secondary N) is 2. The van der Waals surface area contributed by atoms with Gasteiger partial charge in [0.25, 0.3) is 0 Å². The van der Waals surface area contributed by atoms with Crippen LogP contribution in [0, 0.1) is 6.92 Å². The molecule has 0 aromatic carbocycles. The van der Waals surface area contributed by atoms with Crippen LogP contribution in [0.2, 0.25) is 0 Å². The molecule has 0 unspecified atom stereocenters. The van der Waals surface area contributed by atoms with E-state index in [9.17, 15) is 0 Å².